The van der Waals surface area contributed by atoms with Gasteiger partial charge < -0.3 is 9.80 Å². The maximum Gasteiger partial charge on any atom is 0.274 e. The highest BCUT2D eigenvalue weighted by Gasteiger charge is 2.48. The van der Waals surface area contributed by atoms with Crippen molar-refractivity contribution in [1.82, 2.24) is 9.80 Å². The van der Waals surface area contributed by atoms with Crippen LogP contribution in [0.3, 0.4) is 0 Å². The van der Waals surface area contributed by atoms with E-state index < -0.39 is 24.2 Å². The zero-order chi connectivity index (χ0) is 14.9. The Labute approximate surface area is 118 Å². The molecule has 0 bridgehead atoms. The highest BCUT2D eigenvalue weighted by atomic mass is 19.3. The van der Waals surface area contributed by atoms with E-state index >= 15 is 0 Å². The molecule has 2 aliphatic rings. The van der Waals surface area contributed by atoms with Gasteiger partial charge in [-0.05, 0) is 46.3 Å². The maximum absolute atomic E-state index is 13.9. The predicted molar refractivity (Wildman–Crippen MR) is 70.5 cm³/mol. The van der Waals surface area contributed by atoms with Gasteiger partial charge in [-0.2, -0.15) is 0 Å². The zero-order valence-corrected chi connectivity index (χ0v) is 12.1. The van der Waals surface area contributed by atoms with E-state index in [1.807, 2.05) is 7.05 Å². The monoisotopic (exact) mass is 288 g/mol. The van der Waals surface area contributed by atoms with Gasteiger partial charge in [0.25, 0.3) is 5.92 Å². The third-order valence-electron chi connectivity index (χ3n) is 4.47. The van der Waals surface area contributed by atoms with Crippen LogP contribution in [0.15, 0.2) is 0 Å². The number of hydrogen-bond donors (Lipinski definition) is 0. The molecule has 2 heterocycles. The first-order chi connectivity index (χ1) is 9.31. The van der Waals surface area contributed by atoms with E-state index in [9.17, 15) is 18.4 Å². The van der Waals surface area contributed by atoms with Crippen molar-refractivity contribution >= 4 is 11.7 Å². The lowest BCUT2D eigenvalue weighted by molar-refractivity contribution is -0.161. The molecule has 114 valence electrons. The van der Waals surface area contributed by atoms with Crippen LogP contribution in [0.2, 0.25) is 0 Å². The van der Waals surface area contributed by atoms with Gasteiger partial charge in [0, 0.05) is 12.5 Å². The average Bonchev–Trinajstić information content (AvgIpc) is 2.37. The van der Waals surface area contributed by atoms with Crippen molar-refractivity contribution in [3.63, 3.8) is 0 Å². The van der Waals surface area contributed by atoms with Crippen LogP contribution < -0.4 is 0 Å². The quantitative estimate of drug-likeness (QED) is 0.771. The van der Waals surface area contributed by atoms with Gasteiger partial charge in [0.2, 0.25) is 5.91 Å². The molecule has 0 spiro atoms. The van der Waals surface area contributed by atoms with Crippen LogP contribution in [0.1, 0.15) is 26.2 Å². The van der Waals surface area contributed by atoms with E-state index in [2.05, 4.69) is 4.90 Å². The van der Waals surface area contributed by atoms with Crippen LogP contribution in [-0.2, 0) is 9.59 Å². The van der Waals surface area contributed by atoms with Crippen molar-refractivity contribution < 1.29 is 18.4 Å². The van der Waals surface area contributed by atoms with Gasteiger partial charge in [-0.25, -0.2) is 8.78 Å². The first-order valence-electron chi connectivity index (χ1n) is 7.17. The van der Waals surface area contributed by atoms with Gasteiger partial charge >= 0.3 is 0 Å². The largest absolute Gasteiger partial charge is 0.336 e. The topological polar surface area (TPSA) is 40.6 Å². The number of halogens is 2. The van der Waals surface area contributed by atoms with Gasteiger partial charge in [0.1, 0.15) is 5.78 Å². The smallest absolute Gasteiger partial charge is 0.274 e. The molecule has 2 fully saturated rings. The molecule has 0 N–H and O–H groups in total. The minimum atomic E-state index is -3.09. The van der Waals surface area contributed by atoms with Crippen LogP contribution in [0.25, 0.3) is 0 Å². The molecule has 2 saturated heterocycles. The van der Waals surface area contributed by atoms with Crippen LogP contribution >= 0.6 is 0 Å². The molecule has 4 nitrogen and oxygen atoms in total. The Balaban J connectivity index is 1.97. The molecule has 0 aromatic rings. The van der Waals surface area contributed by atoms with E-state index in [1.54, 1.807) is 0 Å². The molecule has 2 aliphatic heterocycles. The van der Waals surface area contributed by atoms with Crippen LogP contribution in [0.5, 0.6) is 0 Å². The summed E-state index contributed by atoms with van der Waals surface area (Å²) in [5.74, 6) is -5.12. The molecule has 1 amide bonds. The van der Waals surface area contributed by atoms with E-state index in [4.69, 9.17) is 0 Å². The van der Waals surface area contributed by atoms with Crippen LogP contribution in [0, 0.1) is 11.8 Å². The number of carbonyl (C=O) groups excluding carboxylic acids is 2. The fourth-order valence-corrected chi connectivity index (χ4v) is 3.14. The molecule has 0 saturated carbocycles. The summed E-state index contributed by atoms with van der Waals surface area (Å²) in [5, 5.41) is 0. The Hall–Kier alpha value is -1.04. The fourth-order valence-electron chi connectivity index (χ4n) is 3.14. The molecule has 0 aromatic heterocycles. The molecule has 20 heavy (non-hydrogen) atoms. The first kappa shape index (κ1) is 15.4. The molecule has 1 atom stereocenters. The van der Waals surface area contributed by atoms with E-state index in [0.717, 1.165) is 25.9 Å². The molecule has 2 rings (SSSR count). The number of alkyl halides is 2. The number of carbonyl (C=O) groups is 2. The van der Waals surface area contributed by atoms with Gasteiger partial charge in [-0.3, -0.25) is 9.59 Å². The third kappa shape index (κ3) is 3.16. The normalized spacial score (nSPS) is 28.4. The molecule has 0 aliphatic carbocycles. The fraction of sp³-hybridized carbons (Fsp3) is 0.857. The maximum atomic E-state index is 13.9. The molecular weight excluding hydrogens is 266 g/mol. The zero-order valence-electron chi connectivity index (χ0n) is 12.1. The summed E-state index contributed by atoms with van der Waals surface area (Å²) in [6.07, 6.45) is 1.53. The number of rotatable bonds is 2. The van der Waals surface area contributed by atoms with Crippen LogP contribution in [0.4, 0.5) is 8.78 Å². The summed E-state index contributed by atoms with van der Waals surface area (Å²) in [6.45, 7) is 2.52. The Morgan fingerprint density at radius 2 is 1.70 bits per heavy atom. The highest BCUT2D eigenvalue weighted by molar-refractivity contribution is 5.82. The van der Waals surface area contributed by atoms with Crippen molar-refractivity contribution in [2.24, 2.45) is 11.8 Å². The summed E-state index contributed by atoms with van der Waals surface area (Å²) in [7, 11) is 1.99. The summed E-state index contributed by atoms with van der Waals surface area (Å²) in [4.78, 5) is 27.0. The number of Topliss-reactive ketones (excluding diaryl/α,β-unsaturated/α-hetero) is 1. The first-order valence-corrected chi connectivity index (χ1v) is 7.17. The lowest BCUT2D eigenvalue weighted by Crippen LogP contribution is -2.54. The number of nitrogens with zero attached hydrogens (tertiary/aromatic N) is 2. The number of amides is 1. The van der Waals surface area contributed by atoms with Crippen LogP contribution in [-0.4, -0.2) is 60.6 Å². The van der Waals surface area contributed by atoms with Gasteiger partial charge in [0.15, 0.2) is 0 Å². The molecule has 0 aromatic carbocycles. The Morgan fingerprint density at radius 1 is 1.10 bits per heavy atom. The Bertz CT molecular complexity index is 393. The number of hydrogen-bond acceptors (Lipinski definition) is 3. The van der Waals surface area contributed by atoms with Crippen molar-refractivity contribution in [3.8, 4) is 0 Å². The van der Waals surface area contributed by atoms with E-state index in [-0.39, 0.29) is 24.8 Å². The van der Waals surface area contributed by atoms with E-state index in [0.29, 0.717) is 0 Å². The molecule has 6 heteroatoms. The number of piperidine rings is 2. The predicted octanol–water partition coefficient (Wildman–Crippen LogP) is 1.40. The van der Waals surface area contributed by atoms with Crippen molar-refractivity contribution in [2.45, 2.75) is 32.1 Å². The van der Waals surface area contributed by atoms with Crippen molar-refractivity contribution in [3.05, 3.63) is 0 Å². The summed E-state index contributed by atoms with van der Waals surface area (Å²) >= 11 is 0. The second-order valence-electron chi connectivity index (χ2n) is 6.05. The minimum Gasteiger partial charge on any atom is -0.336 e. The lowest BCUT2D eigenvalue weighted by atomic mass is 9.88. The highest BCUT2D eigenvalue weighted by Crippen LogP contribution is 2.34. The summed E-state index contributed by atoms with van der Waals surface area (Å²) in [5.41, 5.74) is 0. The molecule has 0 radical (unpaired) electrons. The SMILES string of the molecule is CC(=O)C1CCN(C(=O)C2CCN(C)CC2)CC1(F)F. The second-order valence-corrected chi connectivity index (χ2v) is 6.05. The Kier molecular flexibility index (Phi) is 4.42. The van der Waals surface area contributed by atoms with Gasteiger partial charge in [-0.1, -0.05) is 0 Å². The lowest BCUT2D eigenvalue weighted by Gasteiger charge is -2.39. The standard InChI is InChI=1S/C14H22F2N2O2/c1-10(19)12-5-8-18(9-14(12,15)16)13(20)11-3-6-17(2)7-4-11/h11-12H,3-9H2,1-2H3. The molecule has 1 unspecified atom stereocenters. The number of ketones is 1. The van der Waals surface area contributed by atoms with Crippen molar-refractivity contribution in [1.29, 1.82) is 0 Å². The summed E-state index contributed by atoms with van der Waals surface area (Å²) < 4.78 is 27.9. The van der Waals surface area contributed by atoms with E-state index in [1.165, 1.54) is 11.8 Å². The average molecular weight is 288 g/mol. The second kappa shape index (κ2) is 5.76. The molecular formula is C14H22F2N2O2. The Morgan fingerprint density at radius 3 is 2.20 bits per heavy atom. The minimum absolute atomic E-state index is 0.0701. The summed E-state index contributed by atoms with van der Waals surface area (Å²) in [6, 6.07) is 0. The number of likely N-dealkylation sites (tertiary alicyclic amines) is 2. The third-order valence-corrected chi connectivity index (χ3v) is 4.47. The van der Waals surface area contributed by atoms with Crippen molar-refractivity contribution in [2.75, 3.05) is 33.2 Å². The van der Waals surface area contributed by atoms with Gasteiger partial charge in [0.05, 0.1) is 12.5 Å². The van der Waals surface area contributed by atoms with Gasteiger partial charge in [-0.15, -0.1) is 0 Å².